The van der Waals surface area contributed by atoms with Crippen LogP contribution in [0, 0.1) is 5.92 Å². The Hall–Kier alpha value is -0.0800. The first-order chi connectivity index (χ1) is 5.57. The molecule has 0 spiro atoms. The summed E-state index contributed by atoms with van der Waals surface area (Å²) in [4.78, 5) is 2.61. The normalized spacial score (nSPS) is 37.2. The Kier molecular flexibility index (Phi) is 1.92. The van der Waals surface area contributed by atoms with E-state index in [2.05, 4.69) is 31.0 Å². The van der Waals surface area contributed by atoms with Crippen molar-refractivity contribution in [1.82, 2.24) is 10.2 Å². The second-order valence-electron chi connectivity index (χ2n) is 5.19. The van der Waals surface area contributed by atoms with Gasteiger partial charge >= 0.3 is 0 Å². The van der Waals surface area contributed by atoms with E-state index in [0.29, 0.717) is 5.54 Å². The molecule has 2 nitrogen and oxygen atoms in total. The Bertz CT molecular complexity index is 159. The van der Waals surface area contributed by atoms with Crippen molar-refractivity contribution in [2.75, 3.05) is 19.6 Å². The summed E-state index contributed by atoms with van der Waals surface area (Å²) < 4.78 is 0. The van der Waals surface area contributed by atoms with Gasteiger partial charge in [-0.3, -0.25) is 4.90 Å². The topological polar surface area (TPSA) is 15.3 Å². The molecule has 0 aromatic rings. The zero-order valence-corrected chi connectivity index (χ0v) is 8.43. The summed E-state index contributed by atoms with van der Waals surface area (Å²) in [5.74, 6) is 0.934. The number of rotatable bonds is 0. The lowest BCUT2D eigenvalue weighted by Crippen LogP contribution is -2.41. The van der Waals surface area contributed by atoms with Crippen LogP contribution in [0.4, 0.5) is 0 Å². The van der Waals surface area contributed by atoms with Crippen molar-refractivity contribution < 1.29 is 0 Å². The molecule has 0 aromatic carbocycles. The Balaban J connectivity index is 1.99. The van der Waals surface area contributed by atoms with Crippen LogP contribution in [-0.2, 0) is 0 Å². The molecule has 2 heterocycles. The summed E-state index contributed by atoms with van der Waals surface area (Å²) in [6.45, 7) is 10.7. The molecule has 2 aliphatic heterocycles. The first-order valence-electron chi connectivity index (χ1n) is 5.06. The third-order valence-corrected chi connectivity index (χ3v) is 3.31. The second kappa shape index (κ2) is 2.71. The second-order valence-corrected chi connectivity index (χ2v) is 5.19. The maximum Gasteiger partial charge on any atom is 0.0236 e. The third-order valence-electron chi connectivity index (χ3n) is 3.31. The van der Waals surface area contributed by atoms with E-state index < -0.39 is 0 Å². The van der Waals surface area contributed by atoms with Crippen LogP contribution in [0.2, 0.25) is 0 Å². The van der Waals surface area contributed by atoms with Crippen LogP contribution in [0.5, 0.6) is 0 Å². The fraction of sp³-hybridized carbons (Fsp3) is 1.00. The van der Waals surface area contributed by atoms with Crippen LogP contribution in [0.3, 0.4) is 0 Å². The molecule has 2 atom stereocenters. The van der Waals surface area contributed by atoms with Gasteiger partial charge in [-0.05, 0) is 39.7 Å². The quantitative estimate of drug-likeness (QED) is 0.582. The lowest BCUT2D eigenvalue weighted by atomic mass is 10.0. The molecule has 0 radical (unpaired) electrons. The highest BCUT2D eigenvalue weighted by atomic mass is 15.2. The van der Waals surface area contributed by atoms with Crippen LogP contribution in [0.25, 0.3) is 0 Å². The Morgan fingerprint density at radius 2 is 2.00 bits per heavy atom. The lowest BCUT2D eigenvalue weighted by Gasteiger charge is -2.32. The number of fused-ring (bicyclic) bond motifs is 1. The molecule has 2 heteroatoms. The van der Waals surface area contributed by atoms with Gasteiger partial charge in [0.2, 0.25) is 0 Å². The van der Waals surface area contributed by atoms with Crippen molar-refractivity contribution in [1.29, 1.82) is 0 Å². The number of likely N-dealkylation sites (tertiary alicyclic amines) is 1. The highest BCUT2D eigenvalue weighted by Crippen LogP contribution is 2.29. The molecule has 0 aliphatic carbocycles. The van der Waals surface area contributed by atoms with E-state index in [1.165, 1.54) is 26.1 Å². The SMILES string of the molecule is CC(C)(C)N1CC2CCNC2C1. The smallest absolute Gasteiger partial charge is 0.0236 e. The van der Waals surface area contributed by atoms with Crippen LogP contribution in [0.15, 0.2) is 0 Å². The Morgan fingerprint density at radius 1 is 1.25 bits per heavy atom. The van der Waals surface area contributed by atoms with Gasteiger partial charge in [0.15, 0.2) is 0 Å². The van der Waals surface area contributed by atoms with Crippen molar-refractivity contribution >= 4 is 0 Å². The molecule has 2 unspecified atom stereocenters. The summed E-state index contributed by atoms with van der Waals surface area (Å²) >= 11 is 0. The summed E-state index contributed by atoms with van der Waals surface area (Å²) in [7, 11) is 0. The monoisotopic (exact) mass is 168 g/mol. The van der Waals surface area contributed by atoms with E-state index in [9.17, 15) is 0 Å². The number of hydrogen-bond acceptors (Lipinski definition) is 2. The number of nitrogens with zero attached hydrogens (tertiary/aromatic N) is 1. The van der Waals surface area contributed by atoms with Crippen LogP contribution in [-0.4, -0.2) is 36.1 Å². The van der Waals surface area contributed by atoms with Crippen LogP contribution < -0.4 is 5.32 Å². The average Bonchev–Trinajstić information content (AvgIpc) is 2.37. The highest BCUT2D eigenvalue weighted by molar-refractivity contribution is 4.97. The van der Waals surface area contributed by atoms with Crippen molar-refractivity contribution in [2.45, 2.75) is 38.8 Å². The molecular weight excluding hydrogens is 148 g/mol. The molecule has 0 saturated carbocycles. The molecule has 70 valence electrons. The lowest BCUT2D eigenvalue weighted by molar-refractivity contribution is 0.163. The van der Waals surface area contributed by atoms with E-state index in [1.54, 1.807) is 0 Å². The summed E-state index contributed by atoms with van der Waals surface area (Å²) in [6.07, 6.45) is 1.39. The van der Waals surface area contributed by atoms with Gasteiger partial charge < -0.3 is 5.32 Å². The van der Waals surface area contributed by atoms with E-state index in [1.807, 2.05) is 0 Å². The standard InChI is InChI=1S/C10H20N2/c1-10(2,3)12-6-8-4-5-11-9(8)7-12/h8-9,11H,4-7H2,1-3H3. The van der Waals surface area contributed by atoms with Gasteiger partial charge in [-0.15, -0.1) is 0 Å². The molecular formula is C10H20N2. The van der Waals surface area contributed by atoms with Crippen molar-refractivity contribution in [3.8, 4) is 0 Å². The highest BCUT2D eigenvalue weighted by Gasteiger charge is 2.39. The minimum atomic E-state index is 0.367. The fourth-order valence-electron chi connectivity index (χ4n) is 2.40. The van der Waals surface area contributed by atoms with E-state index in [0.717, 1.165) is 12.0 Å². The predicted molar refractivity (Wildman–Crippen MR) is 51.2 cm³/mol. The molecule has 0 aromatic heterocycles. The number of hydrogen-bond donors (Lipinski definition) is 1. The summed E-state index contributed by atoms with van der Waals surface area (Å²) in [6, 6.07) is 0.796. The maximum atomic E-state index is 3.58. The fourth-order valence-corrected chi connectivity index (χ4v) is 2.40. The van der Waals surface area contributed by atoms with Crippen LogP contribution in [0.1, 0.15) is 27.2 Å². The molecule has 2 rings (SSSR count). The van der Waals surface area contributed by atoms with Crippen LogP contribution >= 0.6 is 0 Å². The molecule has 2 aliphatic rings. The van der Waals surface area contributed by atoms with E-state index >= 15 is 0 Å². The predicted octanol–water partition coefficient (Wildman–Crippen LogP) is 1.08. The summed E-state index contributed by atoms with van der Waals surface area (Å²) in [5.41, 5.74) is 0.367. The van der Waals surface area contributed by atoms with Gasteiger partial charge in [0.05, 0.1) is 0 Å². The van der Waals surface area contributed by atoms with Crippen molar-refractivity contribution in [3.63, 3.8) is 0 Å². The molecule has 1 N–H and O–H groups in total. The third kappa shape index (κ3) is 1.38. The zero-order valence-electron chi connectivity index (χ0n) is 8.43. The minimum absolute atomic E-state index is 0.367. The first kappa shape index (κ1) is 8.52. The van der Waals surface area contributed by atoms with Crippen molar-refractivity contribution in [3.05, 3.63) is 0 Å². The molecule has 0 bridgehead atoms. The zero-order chi connectivity index (χ0) is 8.77. The van der Waals surface area contributed by atoms with Crippen molar-refractivity contribution in [2.24, 2.45) is 5.92 Å². The number of nitrogens with one attached hydrogen (secondary N) is 1. The van der Waals surface area contributed by atoms with Gasteiger partial charge in [0, 0.05) is 24.7 Å². The molecule has 0 amide bonds. The maximum absolute atomic E-state index is 3.58. The average molecular weight is 168 g/mol. The minimum Gasteiger partial charge on any atom is -0.312 e. The van der Waals surface area contributed by atoms with E-state index in [-0.39, 0.29) is 0 Å². The van der Waals surface area contributed by atoms with E-state index in [4.69, 9.17) is 0 Å². The Morgan fingerprint density at radius 3 is 2.58 bits per heavy atom. The Labute approximate surface area is 75.3 Å². The molecule has 2 fully saturated rings. The molecule has 2 saturated heterocycles. The van der Waals surface area contributed by atoms with Gasteiger partial charge in [-0.25, -0.2) is 0 Å². The van der Waals surface area contributed by atoms with Gasteiger partial charge in [-0.1, -0.05) is 0 Å². The van der Waals surface area contributed by atoms with Gasteiger partial charge in [0.1, 0.15) is 0 Å². The molecule has 12 heavy (non-hydrogen) atoms. The summed E-state index contributed by atoms with van der Waals surface area (Å²) in [5, 5.41) is 3.58. The van der Waals surface area contributed by atoms with Gasteiger partial charge in [0.25, 0.3) is 0 Å². The van der Waals surface area contributed by atoms with Gasteiger partial charge in [-0.2, -0.15) is 0 Å². The first-order valence-corrected chi connectivity index (χ1v) is 5.06. The largest absolute Gasteiger partial charge is 0.312 e.